The number of fused-ring (bicyclic) bond motifs is 1. The van der Waals surface area contributed by atoms with Crippen LogP contribution in [0.5, 0.6) is 0 Å². The van der Waals surface area contributed by atoms with E-state index in [0.717, 1.165) is 24.1 Å². The van der Waals surface area contributed by atoms with Crippen LogP contribution >= 0.6 is 11.6 Å². The number of carbonyl (C=O) groups excluding carboxylic acids is 1. The van der Waals surface area contributed by atoms with Crippen LogP contribution in [0.25, 0.3) is 0 Å². The second-order valence-corrected chi connectivity index (χ2v) is 6.16. The number of nitrogens with one attached hydrogen (secondary N) is 2. The maximum atomic E-state index is 12.2. The molecule has 2 heterocycles. The van der Waals surface area contributed by atoms with E-state index in [0.29, 0.717) is 36.3 Å². The second-order valence-electron chi connectivity index (χ2n) is 5.73. The van der Waals surface area contributed by atoms with E-state index in [-0.39, 0.29) is 11.8 Å². The van der Waals surface area contributed by atoms with Crippen LogP contribution < -0.4 is 5.32 Å². The van der Waals surface area contributed by atoms with Crippen molar-refractivity contribution in [2.45, 2.75) is 32.3 Å². The highest BCUT2D eigenvalue weighted by atomic mass is 35.5. The Morgan fingerprint density at radius 1 is 1.35 bits per heavy atom. The summed E-state index contributed by atoms with van der Waals surface area (Å²) < 4.78 is 5.50. The van der Waals surface area contributed by atoms with Crippen molar-refractivity contribution in [1.29, 1.82) is 0 Å². The summed E-state index contributed by atoms with van der Waals surface area (Å²) in [5.74, 6) is 0.770. The van der Waals surface area contributed by atoms with Gasteiger partial charge in [0.1, 0.15) is 18.1 Å². The van der Waals surface area contributed by atoms with Crippen LogP contribution in [0.15, 0.2) is 24.3 Å². The van der Waals surface area contributed by atoms with Gasteiger partial charge in [-0.2, -0.15) is 0 Å². The molecule has 23 heavy (non-hydrogen) atoms. The molecule has 1 aromatic carbocycles. The molecule has 6 heteroatoms. The molecule has 1 aliphatic heterocycles. The minimum absolute atomic E-state index is 0.130. The van der Waals surface area contributed by atoms with Crippen LogP contribution in [-0.4, -0.2) is 29.0 Å². The highest BCUT2D eigenvalue weighted by Crippen LogP contribution is 2.25. The summed E-state index contributed by atoms with van der Waals surface area (Å²) in [5.41, 5.74) is 2.51. The first-order valence-electron chi connectivity index (χ1n) is 7.86. The average molecular weight is 334 g/mol. The molecule has 0 saturated heterocycles. The summed E-state index contributed by atoms with van der Waals surface area (Å²) in [6.07, 6.45) is 1.69. The fraction of sp³-hybridized carbons (Fsp3) is 0.412. The molecule has 0 aliphatic carbocycles. The SMILES string of the molecule is CCCOCc1nc2c([nH]1)CC(c1ccc(Cl)cc1)CNC2=O. The van der Waals surface area contributed by atoms with Crippen molar-refractivity contribution in [2.75, 3.05) is 13.2 Å². The van der Waals surface area contributed by atoms with E-state index in [2.05, 4.69) is 22.2 Å². The normalized spacial score (nSPS) is 17.5. The van der Waals surface area contributed by atoms with Gasteiger partial charge in [0, 0.05) is 29.8 Å². The van der Waals surface area contributed by atoms with Crippen LogP contribution in [0.1, 0.15) is 46.8 Å². The Kier molecular flexibility index (Phi) is 4.98. The number of H-pyrrole nitrogens is 1. The Hall–Kier alpha value is -1.85. The van der Waals surface area contributed by atoms with E-state index in [4.69, 9.17) is 16.3 Å². The molecule has 0 saturated carbocycles. The Bertz CT molecular complexity index is 682. The number of rotatable bonds is 5. The van der Waals surface area contributed by atoms with Crippen molar-refractivity contribution in [2.24, 2.45) is 0 Å². The highest BCUT2D eigenvalue weighted by molar-refractivity contribution is 6.30. The van der Waals surface area contributed by atoms with Gasteiger partial charge in [0.05, 0.1) is 0 Å². The number of ether oxygens (including phenoxy) is 1. The van der Waals surface area contributed by atoms with Gasteiger partial charge in [-0.05, 0) is 30.5 Å². The quantitative estimate of drug-likeness (QED) is 0.826. The molecule has 0 fully saturated rings. The first-order valence-corrected chi connectivity index (χ1v) is 8.24. The van der Waals surface area contributed by atoms with E-state index in [1.807, 2.05) is 24.3 Å². The number of amides is 1. The lowest BCUT2D eigenvalue weighted by atomic mass is 9.94. The first-order chi connectivity index (χ1) is 11.2. The maximum Gasteiger partial charge on any atom is 0.271 e. The highest BCUT2D eigenvalue weighted by Gasteiger charge is 2.26. The Morgan fingerprint density at radius 3 is 2.87 bits per heavy atom. The second kappa shape index (κ2) is 7.15. The lowest BCUT2D eigenvalue weighted by molar-refractivity contribution is 0.0948. The number of imidazole rings is 1. The molecule has 2 N–H and O–H groups in total. The standard InChI is InChI=1S/C17H20ClN3O2/c1-2-7-23-10-15-20-14-8-12(9-19-17(22)16(14)21-15)11-3-5-13(18)6-4-11/h3-6,12H,2,7-10H2,1H3,(H,19,22)(H,20,21). The maximum absolute atomic E-state index is 12.2. The molecule has 1 aliphatic rings. The number of hydrogen-bond acceptors (Lipinski definition) is 3. The molecule has 1 unspecified atom stereocenters. The fourth-order valence-corrected chi connectivity index (χ4v) is 2.90. The van der Waals surface area contributed by atoms with E-state index < -0.39 is 0 Å². The van der Waals surface area contributed by atoms with Crippen LogP contribution in [0.2, 0.25) is 5.02 Å². The largest absolute Gasteiger partial charge is 0.374 e. The summed E-state index contributed by atoms with van der Waals surface area (Å²) in [7, 11) is 0. The molecule has 1 aromatic heterocycles. The summed E-state index contributed by atoms with van der Waals surface area (Å²) in [6.45, 7) is 3.73. The van der Waals surface area contributed by atoms with Gasteiger partial charge in [-0.1, -0.05) is 30.7 Å². The monoisotopic (exact) mass is 333 g/mol. The predicted octanol–water partition coefficient (Wildman–Crippen LogP) is 3.06. The summed E-state index contributed by atoms with van der Waals surface area (Å²) in [6, 6.07) is 7.76. The predicted molar refractivity (Wildman–Crippen MR) is 88.8 cm³/mol. The van der Waals surface area contributed by atoms with E-state index in [1.165, 1.54) is 0 Å². The van der Waals surface area contributed by atoms with Crippen LogP contribution in [0.4, 0.5) is 0 Å². The molecule has 2 aromatic rings. The number of halogens is 1. The fourth-order valence-electron chi connectivity index (χ4n) is 2.77. The molecular weight excluding hydrogens is 314 g/mol. The summed E-state index contributed by atoms with van der Waals surface area (Å²) in [5, 5.41) is 3.66. The Labute approximate surface area is 140 Å². The van der Waals surface area contributed by atoms with Gasteiger partial charge >= 0.3 is 0 Å². The smallest absolute Gasteiger partial charge is 0.271 e. The molecule has 3 rings (SSSR count). The number of benzene rings is 1. The van der Waals surface area contributed by atoms with Gasteiger partial charge in [-0.3, -0.25) is 4.79 Å². The molecule has 0 radical (unpaired) electrons. The molecule has 122 valence electrons. The minimum Gasteiger partial charge on any atom is -0.374 e. The number of hydrogen-bond donors (Lipinski definition) is 2. The van der Waals surface area contributed by atoms with Gasteiger partial charge in [0.25, 0.3) is 5.91 Å². The third kappa shape index (κ3) is 3.74. The number of aromatic amines is 1. The van der Waals surface area contributed by atoms with Crippen LogP contribution in [0.3, 0.4) is 0 Å². The van der Waals surface area contributed by atoms with Crippen molar-refractivity contribution in [1.82, 2.24) is 15.3 Å². The van der Waals surface area contributed by atoms with Gasteiger partial charge < -0.3 is 15.0 Å². The Balaban J connectivity index is 1.80. The minimum atomic E-state index is -0.130. The van der Waals surface area contributed by atoms with Crippen molar-refractivity contribution in [3.8, 4) is 0 Å². The van der Waals surface area contributed by atoms with E-state index >= 15 is 0 Å². The molecule has 5 nitrogen and oxygen atoms in total. The lowest BCUT2D eigenvalue weighted by Crippen LogP contribution is -2.26. The van der Waals surface area contributed by atoms with Gasteiger partial charge in [-0.15, -0.1) is 0 Å². The third-order valence-corrected chi connectivity index (χ3v) is 4.18. The van der Waals surface area contributed by atoms with Crippen molar-refractivity contribution < 1.29 is 9.53 Å². The average Bonchev–Trinajstić information content (AvgIpc) is 2.88. The molecular formula is C17H20ClN3O2. The van der Waals surface area contributed by atoms with E-state index in [1.54, 1.807) is 0 Å². The van der Waals surface area contributed by atoms with Gasteiger partial charge in [0.15, 0.2) is 0 Å². The summed E-state index contributed by atoms with van der Waals surface area (Å²) in [4.78, 5) is 19.9. The van der Waals surface area contributed by atoms with E-state index in [9.17, 15) is 4.79 Å². The molecule has 0 bridgehead atoms. The van der Waals surface area contributed by atoms with Gasteiger partial charge in [-0.25, -0.2) is 4.98 Å². The number of carbonyl (C=O) groups is 1. The Morgan fingerprint density at radius 2 is 2.13 bits per heavy atom. The number of nitrogens with zero attached hydrogens (tertiary/aromatic N) is 1. The van der Waals surface area contributed by atoms with Crippen molar-refractivity contribution >= 4 is 17.5 Å². The zero-order chi connectivity index (χ0) is 16.2. The first kappa shape index (κ1) is 16.0. The molecule has 0 spiro atoms. The summed E-state index contributed by atoms with van der Waals surface area (Å²) >= 11 is 5.95. The topological polar surface area (TPSA) is 67.0 Å². The lowest BCUT2D eigenvalue weighted by Gasteiger charge is -2.14. The zero-order valence-electron chi connectivity index (χ0n) is 13.1. The van der Waals surface area contributed by atoms with Crippen LogP contribution in [-0.2, 0) is 17.8 Å². The third-order valence-electron chi connectivity index (χ3n) is 3.93. The zero-order valence-corrected chi connectivity index (χ0v) is 13.8. The molecule has 1 amide bonds. The van der Waals surface area contributed by atoms with Crippen LogP contribution in [0, 0.1) is 0 Å². The van der Waals surface area contributed by atoms with Crippen molar-refractivity contribution in [3.63, 3.8) is 0 Å². The van der Waals surface area contributed by atoms with Gasteiger partial charge in [0.2, 0.25) is 0 Å². The molecule has 1 atom stereocenters. The number of aromatic nitrogens is 2. The van der Waals surface area contributed by atoms with Crippen molar-refractivity contribution in [3.05, 3.63) is 52.1 Å².